The maximum Gasteiger partial charge on any atom is 0.148 e. The fourth-order valence-corrected chi connectivity index (χ4v) is 2.13. The molecule has 1 aliphatic heterocycles. The molecule has 0 aromatic heterocycles. The van der Waals surface area contributed by atoms with Crippen LogP contribution in [-0.2, 0) is 0 Å². The zero-order valence-electron chi connectivity index (χ0n) is 6.93. The molecule has 0 amide bonds. The van der Waals surface area contributed by atoms with E-state index in [1.165, 1.54) is 12.2 Å². The van der Waals surface area contributed by atoms with Crippen LogP contribution in [0.15, 0.2) is 28.8 Å². The van der Waals surface area contributed by atoms with Crippen molar-refractivity contribution >= 4 is 17.3 Å². The van der Waals surface area contributed by atoms with Gasteiger partial charge >= 0.3 is 0 Å². The van der Waals surface area contributed by atoms with E-state index in [2.05, 4.69) is 4.99 Å². The van der Waals surface area contributed by atoms with Crippen molar-refractivity contribution in [2.24, 2.45) is 4.99 Å². The van der Waals surface area contributed by atoms with Crippen molar-refractivity contribution in [3.63, 3.8) is 0 Å². The molecule has 0 radical (unpaired) electrons. The van der Waals surface area contributed by atoms with Gasteiger partial charge in [0.1, 0.15) is 12.3 Å². The van der Waals surface area contributed by atoms with Gasteiger partial charge in [-0.15, -0.1) is 11.8 Å². The Labute approximate surface area is 80.2 Å². The number of alkyl halides is 1. The van der Waals surface area contributed by atoms with E-state index in [1.54, 1.807) is 23.4 Å². The molecule has 0 bridgehead atoms. The maximum atomic E-state index is 13.0. The van der Waals surface area contributed by atoms with Crippen LogP contribution in [0.2, 0.25) is 0 Å². The Morgan fingerprint density at radius 3 is 3.08 bits per heavy atom. The van der Waals surface area contributed by atoms with E-state index in [0.29, 0.717) is 0 Å². The Morgan fingerprint density at radius 1 is 1.62 bits per heavy atom. The van der Waals surface area contributed by atoms with E-state index in [0.717, 1.165) is 11.3 Å². The Morgan fingerprint density at radius 2 is 2.46 bits per heavy atom. The minimum Gasteiger partial charge on any atom is -0.386 e. The number of halogens is 1. The first-order chi connectivity index (χ1) is 6.27. The van der Waals surface area contributed by atoms with Crippen LogP contribution in [-0.4, -0.2) is 34.7 Å². The fourth-order valence-electron chi connectivity index (χ4n) is 1.35. The molecule has 13 heavy (non-hydrogen) atoms. The normalized spacial score (nSPS) is 38.0. The number of aliphatic hydroxyl groups excluding tert-OH is 1. The molecule has 70 valence electrons. The van der Waals surface area contributed by atoms with Crippen molar-refractivity contribution in [3.05, 3.63) is 23.8 Å². The van der Waals surface area contributed by atoms with E-state index in [4.69, 9.17) is 5.11 Å². The van der Waals surface area contributed by atoms with Crippen molar-refractivity contribution in [1.29, 1.82) is 0 Å². The van der Waals surface area contributed by atoms with Gasteiger partial charge in [-0.2, -0.15) is 0 Å². The highest BCUT2D eigenvalue weighted by molar-refractivity contribution is 8.12. The lowest BCUT2D eigenvalue weighted by molar-refractivity contribution is 0.141. The molecule has 3 atom stereocenters. The molecule has 0 saturated carbocycles. The van der Waals surface area contributed by atoms with Crippen LogP contribution in [0.1, 0.15) is 0 Å². The zero-order chi connectivity index (χ0) is 9.26. The molecule has 3 unspecified atom stereocenters. The predicted octanol–water partition coefficient (Wildman–Crippen LogP) is 1.33. The minimum absolute atomic E-state index is 0.0759. The number of aliphatic hydroxyl groups is 1. The molecule has 2 nitrogen and oxygen atoms in total. The standard InChI is InChI=1S/C9H10FNOS/c10-7-3-6(1-2-9(7)12)8-4-13-5-11-8/h1-3,5,7-9,12H,4H2. The van der Waals surface area contributed by atoms with Crippen LogP contribution < -0.4 is 0 Å². The van der Waals surface area contributed by atoms with E-state index in [1.807, 2.05) is 0 Å². The van der Waals surface area contributed by atoms with Gasteiger partial charge in [0, 0.05) is 5.75 Å². The number of aliphatic imine (C=N–C) groups is 1. The van der Waals surface area contributed by atoms with Gasteiger partial charge in [0.15, 0.2) is 0 Å². The topological polar surface area (TPSA) is 32.6 Å². The van der Waals surface area contributed by atoms with Gasteiger partial charge in [0.2, 0.25) is 0 Å². The zero-order valence-corrected chi connectivity index (χ0v) is 7.75. The number of thioether (sulfide) groups is 1. The lowest BCUT2D eigenvalue weighted by Crippen LogP contribution is -2.22. The molecule has 2 aliphatic rings. The lowest BCUT2D eigenvalue weighted by Gasteiger charge is -2.17. The summed E-state index contributed by atoms with van der Waals surface area (Å²) in [5, 5.41) is 9.09. The second-order valence-electron chi connectivity index (χ2n) is 3.06. The molecule has 1 N–H and O–H groups in total. The molecule has 0 saturated heterocycles. The first-order valence-corrected chi connectivity index (χ1v) is 5.17. The summed E-state index contributed by atoms with van der Waals surface area (Å²) in [5.74, 6) is 0.874. The Bertz CT molecular complexity index is 287. The van der Waals surface area contributed by atoms with Crippen molar-refractivity contribution < 1.29 is 9.50 Å². The van der Waals surface area contributed by atoms with Crippen LogP contribution in [0.25, 0.3) is 0 Å². The molecule has 0 fully saturated rings. The van der Waals surface area contributed by atoms with Crippen molar-refractivity contribution in [2.45, 2.75) is 18.3 Å². The average molecular weight is 199 g/mol. The van der Waals surface area contributed by atoms with Gasteiger partial charge in [0.05, 0.1) is 11.6 Å². The van der Waals surface area contributed by atoms with Gasteiger partial charge in [-0.1, -0.05) is 12.2 Å². The fraction of sp³-hybridized carbons (Fsp3) is 0.444. The summed E-state index contributed by atoms with van der Waals surface area (Å²) in [4.78, 5) is 4.19. The van der Waals surface area contributed by atoms with Gasteiger partial charge in [-0.25, -0.2) is 4.39 Å². The van der Waals surface area contributed by atoms with Crippen molar-refractivity contribution in [1.82, 2.24) is 0 Å². The number of rotatable bonds is 1. The van der Waals surface area contributed by atoms with E-state index in [9.17, 15) is 4.39 Å². The quantitative estimate of drug-likeness (QED) is 0.691. The van der Waals surface area contributed by atoms with E-state index >= 15 is 0 Å². The summed E-state index contributed by atoms with van der Waals surface area (Å²) in [6.07, 6.45) is 2.44. The molecule has 1 heterocycles. The lowest BCUT2D eigenvalue weighted by atomic mass is 9.99. The number of nitrogens with zero attached hydrogens (tertiary/aromatic N) is 1. The molecular formula is C9H10FNOS. The van der Waals surface area contributed by atoms with Crippen LogP contribution in [0.3, 0.4) is 0 Å². The van der Waals surface area contributed by atoms with Crippen molar-refractivity contribution in [3.8, 4) is 0 Å². The highest BCUT2D eigenvalue weighted by Crippen LogP contribution is 2.24. The van der Waals surface area contributed by atoms with Crippen molar-refractivity contribution in [2.75, 3.05) is 5.75 Å². The third-order valence-electron chi connectivity index (χ3n) is 2.12. The van der Waals surface area contributed by atoms with Crippen LogP contribution >= 0.6 is 11.8 Å². The molecular weight excluding hydrogens is 189 g/mol. The monoisotopic (exact) mass is 199 g/mol. The highest BCUT2D eigenvalue weighted by Gasteiger charge is 2.22. The van der Waals surface area contributed by atoms with Gasteiger partial charge in [0.25, 0.3) is 0 Å². The predicted molar refractivity (Wildman–Crippen MR) is 52.9 cm³/mol. The summed E-state index contributed by atoms with van der Waals surface area (Å²) in [6, 6.07) is 0.0759. The van der Waals surface area contributed by atoms with E-state index < -0.39 is 12.3 Å². The molecule has 0 aromatic rings. The molecule has 0 aromatic carbocycles. The first-order valence-electron chi connectivity index (χ1n) is 4.12. The maximum absolute atomic E-state index is 13.0. The molecule has 1 aliphatic carbocycles. The van der Waals surface area contributed by atoms with Gasteiger partial charge < -0.3 is 5.11 Å². The summed E-state index contributed by atoms with van der Waals surface area (Å²) in [5.41, 5.74) is 2.66. The third-order valence-corrected chi connectivity index (χ3v) is 2.90. The second kappa shape index (κ2) is 3.64. The average Bonchev–Trinajstić information content (AvgIpc) is 2.62. The van der Waals surface area contributed by atoms with Crippen LogP contribution in [0.4, 0.5) is 4.39 Å². The summed E-state index contributed by atoms with van der Waals surface area (Å²) in [7, 11) is 0. The smallest absolute Gasteiger partial charge is 0.148 e. The highest BCUT2D eigenvalue weighted by atomic mass is 32.2. The Kier molecular flexibility index (Phi) is 2.51. The Balaban J connectivity index is 2.12. The number of hydrogen-bond acceptors (Lipinski definition) is 3. The Hall–Kier alpha value is -0.610. The molecule has 4 heteroatoms. The first kappa shape index (κ1) is 8.97. The molecule has 0 spiro atoms. The third kappa shape index (κ3) is 1.84. The SMILES string of the molecule is OC1C=CC(C2CSC=N2)=CC1F. The van der Waals surface area contributed by atoms with Gasteiger partial charge in [-0.3, -0.25) is 4.99 Å². The summed E-state index contributed by atoms with van der Waals surface area (Å²) in [6.45, 7) is 0. The second-order valence-corrected chi connectivity index (χ2v) is 3.94. The van der Waals surface area contributed by atoms with Gasteiger partial charge in [-0.05, 0) is 11.6 Å². The van der Waals surface area contributed by atoms with Crippen LogP contribution in [0, 0.1) is 0 Å². The number of hydrogen-bond donors (Lipinski definition) is 1. The summed E-state index contributed by atoms with van der Waals surface area (Å²) < 4.78 is 13.0. The van der Waals surface area contributed by atoms with E-state index in [-0.39, 0.29) is 6.04 Å². The minimum atomic E-state index is -1.28. The molecule has 2 rings (SSSR count). The summed E-state index contributed by atoms with van der Waals surface area (Å²) >= 11 is 1.63. The largest absolute Gasteiger partial charge is 0.386 e. The van der Waals surface area contributed by atoms with Crippen LogP contribution in [0.5, 0.6) is 0 Å².